The number of benzene rings is 1. The number of rotatable bonds is 6. The topological polar surface area (TPSA) is 89.1 Å². The Morgan fingerprint density at radius 1 is 1.06 bits per heavy atom. The third kappa shape index (κ3) is 6.95. The van der Waals surface area contributed by atoms with Crippen LogP contribution in [0.4, 0.5) is 0 Å². The molecule has 1 fully saturated rings. The van der Waals surface area contributed by atoms with E-state index in [1.165, 1.54) is 11.1 Å². The minimum absolute atomic E-state index is 0.0181. The number of aryl methyl sites for hydroxylation is 1. The Kier molecular flexibility index (Phi) is 8.28. The maximum Gasteiger partial charge on any atom is 0.243 e. The molecule has 1 aliphatic heterocycles. The van der Waals surface area contributed by atoms with E-state index in [1.807, 2.05) is 0 Å². The average Bonchev–Trinajstić information content (AvgIpc) is 2.78. The number of carbonyl (C=O) groups excluding carboxylic acids is 2. The van der Waals surface area contributed by atoms with Gasteiger partial charge in [-0.2, -0.15) is 0 Å². The van der Waals surface area contributed by atoms with Gasteiger partial charge in [0.1, 0.15) is 6.54 Å². The molecule has 1 aromatic rings. The first-order valence-corrected chi connectivity index (χ1v) is 11.2. The monoisotopic (exact) mass is 428 g/mol. The van der Waals surface area contributed by atoms with Crippen molar-refractivity contribution in [3.63, 3.8) is 0 Å². The van der Waals surface area contributed by atoms with Crippen LogP contribution in [0.15, 0.2) is 29.3 Å². The van der Waals surface area contributed by atoms with Crippen molar-refractivity contribution < 1.29 is 9.59 Å². The quantitative estimate of drug-likeness (QED) is 0.450. The molecule has 0 bridgehead atoms. The van der Waals surface area contributed by atoms with Crippen LogP contribution in [0.2, 0.25) is 0 Å². The van der Waals surface area contributed by atoms with Crippen LogP contribution >= 0.6 is 0 Å². The fraction of sp³-hybridized carbons (Fsp3) is 0.609. The Bertz CT molecular complexity index is 786. The third-order valence-electron chi connectivity index (χ3n) is 6.13. The summed E-state index contributed by atoms with van der Waals surface area (Å²) in [5.41, 5.74) is 2.82. The van der Waals surface area contributed by atoms with Crippen LogP contribution in [-0.2, 0) is 22.4 Å². The number of likely N-dealkylation sites (N-methyl/N-ethyl adjacent to an activating group) is 2. The fourth-order valence-electron chi connectivity index (χ4n) is 4.15. The number of aliphatic imine (C=N–C) groups is 1. The van der Waals surface area contributed by atoms with E-state index < -0.39 is 0 Å². The second-order valence-electron chi connectivity index (χ2n) is 8.67. The Balaban J connectivity index is 1.59. The highest BCUT2D eigenvalue weighted by atomic mass is 16.2. The SMILES string of the molecule is CNC(=O)CN1CCC(NC(=NCC(=O)N(C)C)NC2CCc3ccccc3C2)CC1. The summed E-state index contributed by atoms with van der Waals surface area (Å²) in [5, 5.41) is 9.82. The summed E-state index contributed by atoms with van der Waals surface area (Å²) in [6, 6.07) is 9.18. The zero-order chi connectivity index (χ0) is 22.2. The Labute approximate surface area is 185 Å². The van der Waals surface area contributed by atoms with E-state index in [0.29, 0.717) is 18.5 Å². The molecule has 3 rings (SSSR count). The number of carbonyl (C=O) groups is 2. The number of piperidine rings is 1. The second kappa shape index (κ2) is 11.1. The maximum atomic E-state index is 12.1. The van der Waals surface area contributed by atoms with Gasteiger partial charge in [0.25, 0.3) is 0 Å². The highest BCUT2D eigenvalue weighted by molar-refractivity contribution is 5.85. The molecule has 1 saturated heterocycles. The Hall–Kier alpha value is -2.61. The zero-order valence-electron chi connectivity index (χ0n) is 19.0. The van der Waals surface area contributed by atoms with Crippen molar-refractivity contribution in [2.45, 2.75) is 44.2 Å². The van der Waals surface area contributed by atoms with Crippen LogP contribution in [0.25, 0.3) is 0 Å². The molecule has 1 aliphatic carbocycles. The van der Waals surface area contributed by atoms with Crippen molar-refractivity contribution in [2.75, 3.05) is 47.3 Å². The van der Waals surface area contributed by atoms with Gasteiger partial charge in [0.2, 0.25) is 11.8 Å². The van der Waals surface area contributed by atoms with Crippen LogP contribution in [0.1, 0.15) is 30.4 Å². The number of fused-ring (bicyclic) bond motifs is 1. The second-order valence-corrected chi connectivity index (χ2v) is 8.67. The number of hydrogen-bond donors (Lipinski definition) is 3. The van der Waals surface area contributed by atoms with Gasteiger partial charge in [-0.05, 0) is 43.2 Å². The average molecular weight is 429 g/mol. The van der Waals surface area contributed by atoms with E-state index >= 15 is 0 Å². The lowest BCUT2D eigenvalue weighted by Gasteiger charge is -2.34. The molecule has 1 aromatic carbocycles. The minimum atomic E-state index is -0.0181. The summed E-state index contributed by atoms with van der Waals surface area (Å²) >= 11 is 0. The zero-order valence-corrected chi connectivity index (χ0v) is 19.0. The largest absolute Gasteiger partial charge is 0.358 e. The fourth-order valence-corrected chi connectivity index (χ4v) is 4.15. The van der Waals surface area contributed by atoms with Crippen molar-refractivity contribution in [3.8, 4) is 0 Å². The van der Waals surface area contributed by atoms with Gasteiger partial charge in [0.05, 0.1) is 6.54 Å². The van der Waals surface area contributed by atoms with E-state index in [1.54, 1.807) is 26.0 Å². The van der Waals surface area contributed by atoms with Crippen molar-refractivity contribution in [1.29, 1.82) is 0 Å². The Morgan fingerprint density at radius 2 is 1.74 bits per heavy atom. The van der Waals surface area contributed by atoms with Gasteiger partial charge in [-0.1, -0.05) is 24.3 Å². The molecule has 0 aromatic heterocycles. The molecule has 1 heterocycles. The van der Waals surface area contributed by atoms with E-state index in [0.717, 1.165) is 45.2 Å². The van der Waals surface area contributed by atoms with Crippen LogP contribution in [0.3, 0.4) is 0 Å². The third-order valence-corrected chi connectivity index (χ3v) is 6.13. The molecule has 0 radical (unpaired) electrons. The molecule has 1 unspecified atom stereocenters. The number of nitrogens with zero attached hydrogens (tertiary/aromatic N) is 3. The van der Waals surface area contributed by atoms with Crippen LogP contribution < -0.4 is 16.0 Å². The van der Waals surface area contributed by atoms with Crippen LogP contribution in [-0.4, -0.2) is 87.0 Å². The number of amides is 2. The van der Waals surface area contributed by atoms with Gasteiger partial charge in [-0.15, -0.1) is 0 Å². The molecule has 1 atom stereocenters. The smallest absolute Gasteiger partial charge is 0.243 e. The van der Waals surface area contributed by atoms with Gasteiger partial charge in [0, 0.05) is 46.3 Å². The summed E-state index contributed by atoms with van der Waals surface area (Å²) in [6.45, 7) is 2.31. The Morgan fingerprint density at radius 3 is 2.42 bits per heavy atom. The molecule has 8 heteroatoms. The van der Waals surface area contributed by atoms with Gasteiger partial charge < -0.3 is 20.9 Å². The predicted octanol–water partition coefficient (Wildman–Crippen LogP) is 0.378. The molecule has 8 nitrogen and oxygen atoms in total. The molecule has 2 amide bonds. The first-order valence-electron chi connectivity index (χ1n) is 11.2. The first-order chi connectivity index (χ1) is 14.9. The van der Waals surface area contributed by atoms with Crippen LogP contribution in [0.5, 0.6) is 0 Å². The van der Waals surface area contributed by atoms with Gasteiger partial charge in [0.15, 0.2) is 5.96 Å². The number of likely N-dealkylation sites (tertiary alicyclic amines) is 1. The van der Waals surface area contributed by atoms with E-state index in [2.05, 4.69) is 50.1 Å². The van der Waals surface area contributed by atoms with Crippen molar-refractivity contribution in [1.82, 2.24) is 25.8 Å². The number of hydrogen-bond acceptors (Lipinski definition) is 4. The molecule has 0 spiro atoms. The molecular weight excluding hydrogens is 392 g/mol. The molecule has 0 saturated carbocycles. The molecule has 31 heavy (non-hydrogen) atoms. The first kappa shape index (κ1) is 23.1. The normalized spacial score (nSPS) is 20.0. The van der Waals surface area contributed by atoms with Crippen molar-refractivity contribution in [3.05, 3.63) is 35.4 Å². The summed E-state index contributed by atoms with van der Waals surface area (Å²) in [7, 11) is 5.17. The lowest BCUT2D eigenvalue weighted by molar-refractivity contribution is -0.127. The highest BCUT2D eigenvalue weighted by Crippen LogP contribution is 2.21. The molecular formula is C23H36N6O2. The lowest BCUT2D eigenvalue weighted by Crippen LogP contribution is -2.52. The minimum Gasteiger partial charge on any atom is -0.358 e. The summed E-state index contributed by atoms with van der Waals surface area (Å²) < 4.78 is 0. The summed E-state index contributed by atoms with van der Waals surface area (Å²) in [6.07, 6.45) is 4.93. The van der Waals surface area contributed by atoms with Gasteiger partial charge >= 0.3 is 0 Å². The molecule has 3 N–H and O–H groups in total. The van der Waals surface area contributed by atoms with Crippen LogP contribution in [0, 0.1) is 0 Å². The van der Waals surface area contributed by atoms with E-state index in [9.17, 15) is 9.59 Å². The van der Waals surface area contributed by atoms with E-state index in [4.69, 9.17) is 0 Å². The highest BCUT2D eigenvalue weighted by Gasteiger charge is 2.24. The number of nitrogens with one attached hydrogen (secondary N) is 3. The van der Waals surface area contributed by atoms with Gasteiger partial charge in [-0.25, -0.2) is 4.99 Å². The lowest BCUT2D eigenvalue weighted by atomic mass is 9.88. The standard InChI is InChI=1S/C23H36N6O2/c1-24-21(30)16-29-12-10-19(11-13-29)26-23(25-15-22(31)28(2)3)27-20-9-8-17-6-4-5-7-18(17)14-20/h4-7,19-20H,8-16H2,1-3H3,(H,24,30)(H2,25,26,27). The van der Waals surface area contributed by atoms with Crippen molar-refractivity contribution in [2.24, 2.45) is 4.99 Å². The molecule has 2 aliphatic rings. The van der Waals surface area contributed by atoms with E-state index in [-0.39, 0.29) is 24.4 Å². The van der Waals surface area contributed by atoms with Gasteiger partial charge in [-0.3, -0.25) is 14.5 Å². The predicted molar refractivity (Wildman–Crippen MR) is 123 cm³/mol. The summed E-state index contributed by atoms with van der Waals surface area (Å²) in [5.74, 6) is 0.745. The molecule has 170 valence electrons. The summed E-state index contributed by atoms with van der Waals surface area (Å²) in [4.78, 5) is 32.0. The maximum absolute atomic E-state index is 12.1. The van der Waals surface area contributed by atoms with Crippen molar-refractivity contribution >= 4 is 17.8 Å². The number of guanidine groups is 1.